The van der Waals surface area contributed by atoms with E-state index in [-0.39, 0.29) is 11.7 Å². The molecule has 1 aromatic carbocycles. The fourth-order valence-corrected chi connectivity index (χ4v) is 4.73. The summed E-state index contributed by atoms with van der Waals surface area (Å²) in [7, 11) is 0. The molecule has 146 valence electrons. The monoisotopic (exact) mass is 426 g/mol. The van der Waals surface area contributed by atoms with E-state index in [0.717, 1.165) is 23.9 Å². The van der Waals surface area contributed by atoms with Crippen LogP contribution in [0.25, 0.3) is 0 Å². The van der Waals surface area contributed by atoms with Crippen LogP contribution in [-0.2, 0) is 17.8 Å². The lowest BCUT2D eigenvalue weighted by Crippen LogP contribution is -2.15. The van der Waals surface area contributed by atoms with Crippen molar-refractivity contribution in [3.8, 4) is 0 Å². The second kappa shape index (κ2) is 9.80. The molecule has 0 aliphatic heterocycles. The van der Waals surface area contributed by atoms with Crippen LogP contribution >= 0.6 is 35.0 Å². The Bertz CT molecular complexity index is 790. The van der Waals surface area contributed by atoms with Crippen molar-refractivity contribution >= 4 is 46.6 Å². The maximum absolute atomic E-state index is 12.3. The third-order valence-corrected chi connectivity index (χ3v) is 6.36. The molecule has 2 aromatic rings. The Morgan fingerprint density at radius 3 is 2.74 bits per heavy atom. The predicted molar refractivity (Wildman–Crippen MR) is 112 cm³/mol. The van der Waals surface area contributed by atoms with E-state index in [9.17, 15) is 4.79 Å². The van der Waals surface area contributed by atoms with Gasteiger partial charge in [0, 0.05) is 18.0 Å². The topological polar surface area (TPSA) is 59.8 Å². The summed E-state index contributed by atoms with van der Waals surface area (Å²) in [5.74, 6) is 1.86. The lowest BCUT2D eigenvalue weighted by atomic mass is 9.87. The molecule has 1 aliphatic carbocycles. The predicted octanol–water partition coefficient (Wildman–Crippen LogP) is 5.46. The summed E-state index contributed by atoms with van der Waals surface area (Å²) in [6, 6.07) is 5.00. The number of carbonyl (C=O) groups is 1. The first-order valence-electron chi connectivity index (χ1n) is 9.36. The number of halogens is 2. The molecule has 1 saturated carbocycles. The average Bonchev–Trinajstić information content (AvgIpc) is 3.04. The van der Waals surface area contributed by atoms with Crippen LogP contribution in [0.2, 0.25) is 10.0 Å². The Kier molecular flexibility index (Phi) is 7.44. The molecule has 1 aliphatic rings. The van der Waals surface area contributed by atoms with Gasteiger partial charge in [-0.1, -0.05) is 67.1 Å². The van der Waals surface area contributed by atoms with Gasteiger partial charge in [0.2, 0.25) is 5.91 Å². The largest absolute Gasteiger partial charge is 0.324 e. The number of nitrogens with one attached hydrogen (secondary N) is 1. The molecule has 0 spiro atoms. The van der Waals surface area contributed by atoms with Gasteiger partial charge < -0.3 is 9.88 Å². The van der Waals surface area contributed by atoms with Crippen LogP contribution in [0.5, 0.6) is 0 Å². The summed E-state index contributed by atoms with van der Waals surface area (Å²) in [6.45, 7) is 2.90. The fourth-order valence-electron chi connectivity index (χ4n) is 3.45. The first kappa shape index (κ1) is 20.5. The van der Waals surface area contributed by atoms with Crippen molar-refractivity contribution in [2.45, 2.75) is 57.1 Å². The van der Waals surface area contributed by atoms with Gasteiger partial charge in [0.1, 0.15) is 5.82 Å². The molecule has 1 aromatic heterocycles. The first-order chi connectivity index (χ1) is 13.1. The molecule has 0 saturated heterocycles. The lowest BCUT2D eigenvalue weighted by molar-refractivity contribution is -0.113. The highest BCUT2D eigenvalue weighted by molar-refractivity contribution is 7.99. The van der Waals surface area contributed by atoms with Crippen LogP contribution in [0.4, 0.5) is 5.69 Å². The van der Waals surface area contributed by atoms with Crippen LogP contribution in [0, 0.1) is 5.92 Å². The van der Waals surface area contributed by atoms with E-state index in [2.05, 4.69) is 27.0 Å². The van der Waals surface area contributed by atoms with Gasteiger partial charge in [0.05, 0.1) is 16.5 Å². The average molecular weight is 427 g/mol. The number of amides is 1. The molecule has 5 nitrogen and oxygen atoms in total. The molecular formula is C19H24Cl2N4OS. The number of rotatable bonds is 7. The molecule has 3 rings (SSSR count). The molecule has 27 heavy (non-hydrogen) atoms. The molecule has 1 amide bonds. The van der Waals surface area contributed by atoms with Gasteiger partial charge in [-0.15, -0.1) is 10.2 Å². The molecule has 1 heterocycles. The van der Waals surface area contributed by atoms with E-state index in [1.807, 2.05) is 0 Å². The normalized spacial score (nSPS) is 15.1. The maximum Gasteiger partial charge on any atom is 0.234 e. The number of thioether (sulfide) groups is 1. The molecular weight excluding hydrogens is 403 g/mol. The van der Waals surface area contributed by atoms with Crippen molar-refractivity contribution in [3.05, 3.63) is 34.1 Å². The van der Waals surface area contributed by atoms with E-state index < -0.39 is 0 Å². The van der Waals surface area contributed by atoms with Crippen LogP contribution in [0.15, 0.2) is 23.4 Å². The van der Waals surface area contributed by atoms with Crippen LogP contribution in [0.3, 0.4) is 0 Å². The Labute approximate surface area is 174 Å². The number of hydrogen-bond acceptors (Lipinski definition) is 4. The van der Waals surface area contributed by atoms with Gasteiger partial charge in [-0.2, -0.15) is 0 Å². The minimum atomic E-state index is -0.135. The van der Waals surface area contributed by atoms with Crippen molar-refractivity contribution in [2.75, 3.05) is 11.1 Å². The number of carbonyl (C=O) groups excluding carboxylic acids is 1. The summed E-state index contributed by atoms with van der Waals surface area (Å²) < 4.78 is 2.13. The smallest absolute Gasteiger partial charge is 0.234 e. The van der Waals surface area contributed by atoms with E-state index >= 15 is 0 Å². The molecule has 1 N–H and O–H groups in total. The highest BCUT2D eigenvalue weighted by atomic mass is 35.5. The highest BCUT2D eigenvalue weighted by Gasteiger charge is 2.19. The van der Waals surface area contributed by atoms with E-state index in [4.69, 9.17) is 23.2 Å². The van der Waals surface area contributed by atoms with Gasteiger partial charge in [0.25, 0.3) is 0 Å². The van der Waals surface area contributed by atoms with Crippen LogP contribution in [0.1, 0.15) is 44.9 Å². The van der Waals surface area contributed by atoms with Crippen LogP contribution in [-0.4, -0.2) is 26.4 Å². The summed E-state index contributed by atoms with van der Waals surface area (Å²) in [5.41, 5.74) is 0.557. The summed E-state index contributed by atoms with van der Waals surface area (Å²) in [5, 5.41) is 13.3. The molecule has 0 radical (unpaired) electrons. The van der Waals surface area contributed by atoms with Gasteiger partial charge >= 0.3 is 0 Å². The van der Waals surface area contributed by atoms with Crippen molar-refractivity contribution in [1.29, 1.82) is 0 Å². The number of benzene rings is 1. The second-order valence-corrected chi connectivity index (χ2v) is 8.60. The van der Waals surface area contributed by atoms with Crippen molar-refractivity contribution in [3.63, 3.8) is 0 Å². The lowest BCUT2D eigenvalue weighted by Gasteiger charge is -2.21. The van der Waals surface area contributed by atoms with Gasteiger partial charge in [0.15, 0.2) is 5.16 Å². The Morgan fingerprint density at radius 1 is 1.26 bits per heavy atom. The van der Waals surface area contributed by atoms with Crippen molar-refractivity contribution < 1.29 is 4.79 Å². The van der Waals surface area contributed by atoms with Gasteiger partial charge in [-0.3, -0.25) is 4.79 Å². The summed E-state index contributed by atoms with van der Waals surface area (Å²) in [6.07, 6.45) is 7.53. The number of hydrogen-bond donors (Lipinski definition) is 1. The molecule has 0 unspecified atom stereocenters. The Morgan fingerprint density at radius 2 is 2.04 bits per heavy atom. The van der Waals surface area contributed by atoms with E-state index in [1.54, 1.807) is 18.2 Å². The third kappa shape index (κ3) is 5.62. The number of anilines is 1. The molecule has 8 heteroatoms. The van der Waals surface area contributed by atoms with Crippen molar-refractivity contribution in [1.82, 2.24) is 14.8 Å². The zero-order valence-electron chi connectivity index (χ0n) is 15.4. The van der Waals surface area contributed by atoms with Gasteiger partial charge in [-0.05, 0) is 31.0 Å². The summed E-state index contributed by atoms with van der Waals surface area (Å²) >= 11 is 13.4. The fraction of sp³-hybridized carbons (Fsp3) is 0.526. The first-order valence-corrected chi connectivity index (χ1v) is 11.1. The Hall–Kier alpha value is -1.24. The minimum Gasteiger partial charge on any atom is -0.324 e. The zero-order chi connectivity index (χ0) is 19.2. The maximum atomic E-state index is 12.3. The van der Waals surface area contributed by atoms with Crippen LogP contribution < -0.4 is 5.32 Å². The van der Waals surface area contributed by atoms with Gasteiger partial charge in [-0.25, -0.2) is 0 Å². The number of aromatic nitrogens is 3. The van der Waals surface area contributed by atoms with E-state index in [1.165, 1.54) is 43.9 Å². The standard InChI is InChI=1S/C19H24Cl2N4OS/c1-2-25-17(10-13-6-4-3-5-7-13)23-24-19(25)27-12-18(26)22-16-9-8-14(20)11-15(16)21/h8-9,11,13H,2-7,10,12H2,1H3,(H,22,26). The van der Waals surface area contributed by atoms with E-state index in [0.29, 0.717) is 21.7 Å². The minimum absolute atomic E-state index is 0.135. The zero-order valence-corrected chi connectivity index (χ0v) is 17.7. The SMILES string of the molecule is CCn1c(CC2CCCCC2)nnc1SCC(=O)Nc1ccc(Cl)cc1Cl. The highest BCUT2D eigenvalue weighted by Crippen LogP contribution is 2.28. The molecule has 0 atom stereocenters. The van der Waals surface area contributed by atoms with Crippen molar-refractivity contribution in [2.24, 2.45) is 5.92 Å². The Balaban J connectivity index is 1.57. The third-order valence-electron chi connectivity index (χ3n) is 4.84. The second-order valence-electron chi connectivity index (χ2n) is 6.81. The molecule has 0 bridgehead atoms. The number of nitrogens with zero attached hydrogens (tertiary/aromatic N) is 3. The summed E-state index contributed by atoms with van der Waals surface area (Å²) in [4.78, 5) is 12.3. The quantitative estimate of drug-likeness (QED) is 0.597. The molecule has 1 fully saturated rings.